The number of para-hydroxylation sites is 6. The highest BCUT2D eigenvalue weighted by atomic mass is 32.1. The molecular formula is C135H107N13OS. The summed E-state index contributed by atoms with van der Waals surface area (Å²) in [6.07, 6.45) is 23.5. The van der Waals surface area contributed by atoms with Crippen LogP contribution in [0.15, 0.2) is 381 Å². The lowest BCUT2D eigenvalue weighted by molar-refractivity contribution is -0.00948. The first-order valence-electron chi connectivity index (χ1n) is 54.5. The number of benzene rings is 16. The maximum atomic E-state index is 6.37. The van der Waals surface area contributed by atoms with Crippen LogP contribution < -0.4 is 0 Å². The lowest BCUT2D eigenvalue weighted by atomic mass is 9.49. The number of thiophene rings is 1. The SMILES string of the molecule is c1ccc(-c2nc(-c3cccc(-n4c5ccccc5c5ccc6c(c7ccccc7n6-c6ccccc6)c54)c3)nc(C34CC5CC(CC(C5)C3)C4)n2)cc1.c1ccc(-c2nc(-c3cccc(-n4c5ccccc5c5ccc6oc7ccccc7c6c54)c3)nc(C34CC5CC(CC(C5)C3)C4)n2)cc1.c1ccc(-c2nc(-c3cccc(-n4c5ccccc5c5ccc6sc7ccccc7c6c54)c3)nc(C34CC5CC(CC(C5)C3)C4)n2)cc1. The number of aromatic nitrogens is 13. The molecule has 25 aromatic rings. The highest BCUT2D eigenvalue weighted by Gasteiger charge is 2.57. The van der Waals surface area contributed by atoms with Gasteiger partial charge in [-0.2, -0.15) is 0 Å². The van der Waals surface area contributed by atoms with Crippen LogP contribution in [0.5, 0.6) is 0 Å². The summed E-state index contributed by atoms with van der Waals surface area (Å²) in [5, 5.41) is 14.9. The van der Waals surface area contributed by atoms with Crippen molar-refractivity contribution < 1.29 is 4.42 Å². The average molecular weight is 1960 g/mol. The fourth-order valence-electron chi connectivity index (χ4n) is 31.6. The van der Waals surface area contributed by atoms with Gasteiger partial charge in [-0.15, -0.1) is 11.3 Å². The van der Waals surface area contributed by atoms with Crippen LogP contribution in [0.3, 0.4) is 0 Å². The Morgan fingerprint density at radius 3 is 0.907 bits per heavy atom. The number of hydrogen-bond donors (Lipinski definition) is 0. The van der Waals surface area contributed by atoms with Gasteiger partial charge in [-0.1, -0.05) is 267 Å². The predicted molar refractivity (Wildman–Crippen MR) is 609 cm³/mol. The molecule has 0 spiro atoms. The summed E-state index contributed by atoms with van der Waals surface area (Å²) in [4.78, 5) is 47.8. The van der Waals surface area contributed by atoms with Gasteiger partial charge in [-0.05, 0) is 278 Å². The van der Waals surface area contributed by atoms with Crippen molar-refractivity contribution >= 4 is 141 Å². The van der Waals surface area contributed by atoms with Crippen molar-refractivity contribution in [3.63, 3.8) is 0 Å². The summed E-state index contributed by atoms with van der Waals surface area (Å²) < 4.78 is 18.7. The van der Waals surface area contributed by atoms with Crippen LogP contribution in [0.4, 0.5) is 0 Å². The van der Waals surface area contributed by atoms with E-state index in [-0.39, 0.29) is 16.2 Å². The normalized spacial score (nSPS) is 22.7. The van der Waals surface area contributed by atoms with Crippen LogP contribution in [0.1, 0.15) is 133 Å². The van der Waals surface area contributed by atoms with E-state index in [0.717, 1.165) is 195 Å². The van der Waals surface area contributed by atoms with E-state index in [1.165, 1.54) is 212 Å². The van der Waals surface area contributed by atoms with Crippen LogP contribution in [-0.2, 0) is 16.2 Å². The topological polar surface area (TPSA) is 149 Å². The molecule has 0 radical (unpaired) electrons. The Kier molecular flexibility index (Phi) is 19.6. The van der Waals surface area contributed by atoms with Gasteiger partial charge in [0.05, 0.1) is 49.5 Å². The largest absolute Gasteiger partial charge is 0.456 e. The molecule has 15 heteroatoms. The van der Waals surface area contributed by atoms with E-state index in [1.54, 1.807) is 0 Å². The van der Waals surface area contributed by atoms with Crippen LogP contribution in [0, 0.1) is 53.3 Å². The van der Waals surface area contributed by atoms with Crippen molar-refractivity contribution in [2.24, 2.45) is 53.3 Å². The Hall–Kier alpha value is -16.2. The molecule has 9 heterocycles. The van der Waals surface area contributed by atoms with Crippen LogP contribution in [-0.4, -0.2) is 63.1 Å². The van der Waals surface area contributed by atoms with Crippen molar-refractivity contribution in [3.05, 3.63) is 394 Å². The Morgan fingerprint density at radius 1 is 0.200 bits per heavy atom. The predicted octanol–water partition coefficient (Wildman–Crippen LogP) is 33.7. The second-order valence-electron chi connectivity index (χ2n) is 45.7. The monoisotopic (exact) mass is 1960 g/mol. The van der Waals surface area contributed by atoms with Gasteiger partial charge < -0.3 is 22.7 Å². The highest BCUT2D eigenvalue weighted by molar-refractivity contribution is 7.26. The zero-order valence-corrected chi connectivity index (χ0v) is 84.2. The first-order chi connectivity index (χ1) is 74.1. The van der Waals surface area contributed by atoms with Crippen molar-refractivity contribution in [2.45, 2.75) is 132 Å². The Balaban J connectivity index is 0.0000000995. The Labute approximate surface area is 871 Å². The minimum atomic E-state index is 0.0545. The highest BCUT2D eigenvalue weighted by Crippen LogP contribution is 2.64. The number of nitrogens with zero attached hydrogens (tertiary/aromatic N) is 13. The van der Waals surface area contributed by atoms with Crippen LogP contribution in [0.25, 0.3) is 220 Å². The molecule has 12 aliphatic rings. The number of fused-ring (bicyclic) bond motifs is 21. The molecule has 12 bridgehead atoms. The molecule has 150 heavy (non-hydrogen) atoms. The van der Waals surface area contributed by atoms with E-state index >= 15 is 0 Å². The second-order valence-corrected chi connectivity index (χ2v) is 46.8. The van der Waals surface area contributed by atoms with Crippen molar-refractivity contribution in [1.82, 2.24) is 63.1 Å². The summed E-state index contributed by atoms with van der Waals surface area (Å²) in [6, 6.07) is 135. The van der Waals surface area contributed by atoms with E-state index in [2.05, 4.69) is 388 Å². The summed E-state index contributed by atoms with van der Waals surface area (Å²) in [7, 11) is 0. The molecule has 12 saturated carbocycles. The molecular weight excluding hydrogens is 1850 g/mol. The first-order valence-corrected chi connectivity index (χ1v) is 55.3. The summed E-state index contributed by atoms with van der Waals surface area (Å²) in [5.74, 6) is 15.0. The quantitative estimate of drug-likeness (QED) is 0.109. The van der Waals surface area contributed by atoms with Gasteiger partial charge in [0.15, 0.2) is 34.9 Å². The molecule has 16 aromatic carbocycles. The van der Waals surface area contributed by atoms with Gasteiger partial charge in [0.2, 0.25) is 0 Å². The number of furan rings is 1. The molecule has 9 aromatic heterocycles. The van der Waals surface area contributed by atoms with E-state index in [4.69, 9.17) is 49.3 Å². The third-order valence-corrected chi connectivity index (χ3v) is 37.6. The van der Waals surface area contributed by atoms with E-state index in [9.17, 15) is 0 Å². The number of rotatable bonds is 13. The molecule has 0 unspecified atom stereocenters. The molecule has 0 saturated heterocycles. The van der Waals surface area contributed by atoms with E-state index < -0.39 is 0 Å². The lowest BCUT2D eigenvalue weighted by Gasteiger charge is -2.56. The maximum absolute atomic E-state index is 6.37. The van der Waals surface area contributed by atoms with Crippen molar-refractivity contribution in [3.8, 4) is 91.1 Å². The summed E-state index contributed by atoms with van der Waals surface area (Å²) in [6.45, 7) is 0. The molecule has 724 valence electrons. The second kappa shape index (κ2) is 33.9. The molecule has 12 aliphatic carbocycles. The standard InChI is InChI=1S/C49H39N5.C43H34N4O.C43H34N4S/c1-3-12-34(13-4-1)46-50-47(52-48(51-46)49-28-31-24-32(29-49)26-33(25-31)30-49)35-14-11-17-37(27-35)54-41-20-9-7-18-38(41)39-22-23-43-44(45(39)54)40-19-8-10-21-42(40)53(43)36-15-5-2-6-16-36;2*1-2-9-29(10-3-1)40-44-41(46-42(45-40)43-23-26-19-27(24-43)21-28(20-26)25-43)30-11-8-12-31(22-30)47-35-15-6-4-13-32(35)33-17-18-37-38(39(33)47)34-14-5-7-16-36(34)48-37/h1-23,27,31-33H,24-26,28-30H2;2*1-18,22,26-28H,19-21,23-25H2. The molecule has 0 N–H and O–H groups in total. The van der Waals surface area contributed by atoms with Gasteiger partial charge in [-0.3, -0.25) is 0 Å². The van der Waals surface area contributed by atoms with E-state index in [1.807, 2.05) is 17.4 Å². The first kappa shape index (κ1) is 86.9. The molecule has 0 atom stereocenters. The molecule has 12 fully saturated rings. The summed E-state index contributed by atoms with van der Waals surface area (Å²) >= 11 is 1.87. The fraction of sp³-hybridized carbons (Fsp3) is 0.222. The van der Waals surface area contributed by atoms with Gasteiger partial charge in [0.25, 0.3) is 0 Å². The Bertz CT molecular complexity index is 9350. The van der Waals surface area contributed by atoms with Gasteiger partial charge in [-0.25, -0.2) is 44.9 Å². The van der Waals surface area contributed by atoms with Crippen molar-refractivity contribution in [1.29, 1.82) is 0 Å². The third-order valence-electron chi connectivity index (χ3n) is 36.5. The van der Waals surface area contributed by atoms with Gasteiger partial charge in [0, 0.05) is 141 Å². The minimum absolute atomic E-state index is 0.0545. The van der Waals surface area contributed by atoms with Gasteiger partial charge in [0.1, 0.15) is 28.6 Å². The lowest BCUT2D eigenvalue weighted by Crippen LogP contribution is -2.49. The molecule has 0 aliphatic heterocycles. The maximum Gasteiger partial charge on any atom is 0.163 e. The number of hydrogen-bond acceptors (Lipinski definition) is 11. The molecule has 14 nitrogen and oxygen atoms in total. The minimum Gasteiger partial charge on any atom is -0.456 e. The van der Waals surface area contributed by atoms with Crippen molar-refractivity contribution in [2.75, 3.05) is 0 Å². The fourth-order valence-corrected chi connectivity index (χ4v) is 32.7. The molecule has 37 rings (SSSR count). The smallest absolute Gasteiger partial charge is 0.163 e. The third kappa shape index (κ3) is 14.0. The zero-order chi connectivity index (χ0) is 98.2. The zero-order valence-electron chi connectivity index (χ0n) is 83.4. The molecule has 0 amide bonds. The van der Waals surface area contributed by atoms with E-state index in [0.29, 0.717) is 0 Å². The summed E-state index contributed by atoms with van der Waals surface area (Å²) in [5.41, 5.74) is 22.2. The van der Waals surface area contributed by atoms with Crippen LogP contribution >= 0.6 is 11.3 Å². The van der Waals surface area contributed by atoms with Gasteiger partial charge >= 0.3 is 0 Å². The average Bonchev–Trinajstić information content (AvgIpc) is 1.54. The Morgan fingerprint density at radius 2 is 0.500 bits per heavy atom. The van der Waals surface area contributed by atoms with Crippen LogP contribution in [0.2, 0.25) is 0 Å².